The lowest BCUT2D eigenvalue weighted by molar-refractivity contribution is 0.715. The van der Waals surface area contributed by atoms with Crippen molar-refractivity contribution in [1.82, 2.24) is 5.32 Å². The molecule has 0 amide bonds. The van der Waals surface area contributed by atoms with Crippen LogP contribution in [0, 0.1) is 0 Å². The summed E-state index contributed by atoms with van der Waals surface area (Å²) in [5.74, 6) is 0. The van der Waals surface area contributed by atoms with E-state index in [0.29, 0.717) is 0 Å². The van der Waals surface area contributed by atoms with Crippen molar-refractivity contribution >= 4 is 13.3 Å². The maximum atomic E-state index is 3.44. The van der Waals surface area contributed by atoms with Crippen LogP contribution in [0.5, 0.6) is 0 Å². The first-order valence-corrected chi connectivity index (χ1v) is 7.99. The van der Waals surface area contributed by atoms with Crippen LogP contribution in [0.15, 0.2) is 30.3 Å². The molecule has 0 spiro atoms. The molecule has 0 saturated carbocycles. The Hall–Kier alpha value is -0.603. The molecule has 1 fully saturated rings. The van der Waals surface area contributed by atoms with Gasteiger partial charge in [-0.2, -0.15) is 0 Å². The molecule has 1 aliphatic heterocycles. The summed E-state index contributed by atoms with van der Waals surface area (Å²) < 4.78 is 0. The van der Waals surface area contributed by atoms with Gasteiger partial charge in [-0.3, -0.25) is 0 Å². The first-order chi connectivity index (χ1) is 6.31. The van der Waals surface area contributed by atoms with Crippen molar-refractivity contribution < 1.29 is 0 Å². The maximum absolute atomic E-state index is 3.44. The molecule has 1 heterocycles. The topological polar surface area (TPSA) is 12.0 Å². The highest BCUT2D eigenvalue weighted by Gasteiger charge is 2.30. The molecule has 1 N–H and O–H groups in total. The minimum absolute atomic E-state index is 1.08. The van der Waals surface area contributed by atoms with Crippen LogP contribution < -0.4 is 10.5 Å². The van der Waals surface area contributed by atoms with Gasteiger partial charge in [-0.15, -0.1) is 0 Å². The molecule has 0 unspecified atom stereocenters. The fourth-order valence-corrected chi connectivity index (χ4v) is 5.39. The van der Waals surface area contributed by atoms with E-state index >= 15 is 0 Å². The second kappa shape index (κ2) is 3.64. The Morgan fingerprint density at radius 2 is 1.69 bits per heavy atom. The number of nitrogens with one attached hydrogen (secondary N) is 1. The minimum atomic E-state index is -1.08. The summed E-state index contributed by atoms with van der Waals surface area (Å²) in [5, 5.41) is 5.08. The van der Waals surface area contributed by atoms with Gasteiger partial charge in [-0.25, -0.2) is 0 Å². The van der Waals surface area contributed by atoms with Crippen LogP contribution in [0.3, 0.4) is 0 Å². The quantitative estimate of drug-likeness (QED) is 0.665. The van der Waals surface area contributed by atoms with Crippen LogP contribution in [0.2, 0.25) is 18.6 Å². The minimum Gasteiger partial charge on any atom is -0.317 e. The molecule has 13 heavy (non-hydrogen) atoms. The van der Waals surface area contributed by atoms with E-state index in [0.717, 1.165) is 0 Å². The van der Waals surface area contributed by atoms with Crippen LogP contribution in [0.25, 0.3) is 0 Å². The first kappa shape index (κ1) is 8.97. The van der Waals surface area contributed by atoms with Crippen molar-refractivity contribution in [2.45, 2.75) is 18.6 Å². The van der Waals surface area contributed by atoms with Crippen LogP contribution in [0.4, 0.5) is 0 Å². The SMILES string of the molecule is C[Si]1(c2ccccc2)CCNCC1. The van der Waals surface area contributed by atoms with Gasteiger partial charge in [0.05, 0.1) is 8.07 Å². The number of rotatable bonds is 1. The van der Waals surface area contributed by atoms with Gasteiger partial charge in [0.15, 0.2) is 0 Å². The lowest BCUT2D eigenvalue weighted by atomic mass is 10.4. The van der Waals surface area contributed by atoms with E-state index in [4.69, 9.17) is 0 Å². The molecule has 1 aromatic carbocycles. The molecule has 0 radical (unpaired) electrons. The average molecular weight is 191 g/mol. The fraction of sp³-hybridized carbons (Fsp3) is 0.455. The van der Waals surface area contributed by atoms with Gasteiger partial charge < -0.3 is 5.32 Å². The van der Waals surface area contributed by atoms with Crippen LogP contribution in [-0.4, -0.2) is 21.2 Å². The third-order valence-corrected chi connectivity index (χ3v) is 7.61. The molecule has 1 nitrogen and oxygen atoms in total. The summed E-state index contributed by atoms with van der Waals surface area (Å²) >= 11 is 0. The third kappa shape index (κ3) is 1.84. The second-order valence-corrected chi connectivity index (χ2v) is 8.88. The molecular weight excluding hydrogens is 174 g/mol. The molecule has 1 aromatic rings. The van der Waals surface area contributed by atoms with Crippen LogP contribution in [0.1, 0.15) is 0 Å². The lowest BCUT2D eigenvalue weighted by Gasteiger charge is -2.32. The molecule has 2 rings (SSSR count). The van der Waals surface area contributed by atoms with Crippen molar-refractivity contribution in [3.63, 3.8) is 0 Å². The summed E-state index contributed by atoms with van der Waals surface area (Å²) in [7, 11) is -1.08. The molecule has 70 valence electrons. The van der Waals surface area contributed by atoms with Gasteiger partial charge >= 0.3 is 0 Å². The van der Waals surface area contributed by atoms with Crippen molar-refractivity contribution in [1.29, 1.82) is 0 Å². The first-order valence-electron chi connectivity index (χ1n) is 5.07. The number of hydrogen-bond donors (Lipinski definition) is 1. The Morgan fingerprint density at radius 3 is 2.31 bits per heavy atom. The van der Waals surface area contributed by atoms with Gasteiger partial charge in [-0.05, 0) is 25.2 Å². The zero-order chi connectivity index (χ0) is 9.15. The lowest BCUT2D eigenvalue weighted by Crippen LogP contribution is -2.51. The molecule has 0 aliphatic carbocycles. The van der Waals surface area contributed by atoms with E-state index in [-0.39, 0.29) is 0 Å². The molecule has 1 aliphatic rings. The van der Waals surface area contributed by atoms with E-state index in [2.05, 4.69) is 42.2 Å². The van der Waals surface area contributed by atoms with E-state index in [1.54, 1.807) is 5.19 Å². The van der Waals surface area contributed by atoms with Gasteiger partial charge in [0.25, 0.3) is 0 Å². The Morgan fingerprint density at radius 1 is 1.08 bits per heavy atom. The van der Waals surface area contributed by atoms with E-state index < -0.39 is 8.07 Å². The predicted octanol–water partition coefficient (Wildman–Crippen LogP) is 1.58. The van der Waals surface area contributed by atoms with Crippen molar-refractivity contribution in [3.05, 3.63) is 30.3 Å². The van der Waals surface area contributed by atoms with Gasteiger partial charge in [0.2, 0.25) is 0 Å². The van der Waals surface area contributed by atoms with Crippen LogP contribution >= 0.6 is 0 Å². The zero-order valence-corrected chi connectivity index (χ0v) is 9.22. The highest BCUT2D eigenvalue weighted by atomic mass is 28.3. The molecule has 2 heteroatoms. The molecule has 0 aromatic heterocycles. The van der Waals surface area contributed by atoms with E-state index in [9.17, 15) is 0 Å². The normalized spacial score (nSPS) is 21.3. The third-order valence-electron chi connectivity index (χ3n) is 3.18. The van der Waals surface area contributed by atoms with Crippen molar-refractivity contribution in [2.24, 2.45) is 0 Å². The average Bonchev–Trinajstić information content (AvgIpc) is 2.20. The Kier molecular flexibility index (Phi) is 2.51. The van der Waals surface area contributed by atoms with E-state index in [1.807, 2.05) is 0 Å². The largest absolute Gasteiger partial charge is 0.317 e. The van der Waals surface area contributed by atoms with Gasteiger partial charge in [0.1, 0.15) is 0 Å². The summed E-state index contributed by atoms with van der Waals surface area (Å²) in [6.45, 7) is 4.96. The Balaban J connectivity index is 2.23. The highest BCUT2D eigenvalue weighted by molar-refractivity contribution is 6.91. The highest BCUT2D eigenvalue weighted by Crippen LogP contribution is 2.17. The standard InChI is InChI=1S/C11H17NSi/c1-13(9-7-12-8-10-13)11-5-3-2-4-6-11/h2-6,12H,7-10H2,1H3. The van der Waals surface area contributed by atoms with Gasteiger partial charge in [-0.1, -0.05) is 42.1 Å². The zero-order valence-electron chi connectivity index (χ0n) is 8.22. The molecule has 1 saturated heterocycles. The van der Waals surface area contributed by atoms with E-state index in [1.165, 1.54) is 25.2 Å². The summed E-state index contributed by atoms with van der Waals surface area (Å²) in [6.07, 6.45) is 0. The predicted molar refractivity (Wildman–Crippen MR) is 60.2 cm³/mol. The van der Waals surface area contributed by atoms with Crippen molar-refractivity contribution in [2.75, 3.05) is 13.1 Å². The summed E-state index contributed by atoms with van der Waals surface area (Å²) in [5.41, 5.74) is 0. The molecular formula is C11H17NSi. The molecule has 0 bridgehead atoms. The second-order valence-electron chi connectivity index (χ2n) is 4.18. The monoisotopic (exact) mass is 191 g/mol. The number of benzene rings is 1. The number of hydrogen-bond acceptors (Lipinski definition) is 1. The Bertz CT molecular complexity index is 265. The molecule has 0 atom stereocenters. The van der Waals surface area contributed by atoms with Crippen LogP contribution in [-0.2, 0) is 0 Å². The summed E-state index contributed by atoms with van der Waals surface area (Å²) in [4.78, 5) is 0. The van der Waals surface area contributed by atoms with Crippen molar-refractivity contribution in [3.8, 4) is 0 Å². The van der Waals surface area contributed by atoms with Gasteiger partial charge in [0, 0.05) is 0 Å². The maximum Gasteiger partial charge on any atom is 0.0861 e. The smallest absolute Gasteiger partial charge is 0.0861 e. The Labute approximate surface area is 81.2 Å². The fourth-order valence-electron chi connectivity index (χ4n) is 2.11. The summed E-state index contributed by atoms with van der Waals surface area (Å²) in [6, 6.07) is 13.9.